The normalized spacial score (nSPS) is 17.8. The Morgan fingerprint density at radius 3 is 2.74 bits per heavy atom. The van der Waals surface area contributed by atoms with Crippen LogP contribution < -0.4 is 5.69 Å². The molecule has 0 spiro atoms. The van der Waals surface area contributed by atoms with Crippen molar-refractivity contribution in [2.45, 2.75) is 71.4 Å². The van der Waals surface area contributed by atoms with Crippen molar-refractivity contribution in [3.05, 3.63) is 70.7 Å². The van der Waals surface area contributed by atoms with Crippen molar-refractivity contribution in [3.63, 3.8) is 0 Å². The van der Waals surface area contributed by atoms with Crippen molar-refractivity contribution in [3.8, 4) is 22.5 Å². The van der Waals surface area contributed by atoms with Crippen LogP contribution >= 0.6 is 0 Å². The molecule has 0 radical (unpaired) electrons. The number of benzene rings is 1. The van der Waals surface area contributed by atoms with Gasteiger partial charge in [0.25, 0.3) is 0 Å². The Bertz CT molecular complexity index is 1320. The van der Waals surface area contributed by atoms with Gasteiger partial charge in [0, 0.05) is 29.7 Å². The van der Waals surface area contributed by atoms with E-state index in [1.807, 2.05) is 33.5 Å². The van der Waals surface area contributed by atoms with Crippen LogP contribution in [-0.4, -0.2) is 34.7 Å². The molecule has 8 heteroatoms. The molecule has 1 aromatic carbocycles. The Labute approximate surface area is 205 Å². The summed E-state index contributed by atoms with van der Waals surface area (Å²) in [7, 11) is 0. The molecule has 182 valence electrons. The van der Waals surface area contributed by atoms with Gasteiger partial charge in [-0.25, -0.2) is 9.89 Å². The van der Waals surface area contributed by atoms with Crippen LogP contribution in [0.15, 0.2) is 53.6 Å². The van der Waals surface area contributed by atoms with Gasteiger partial charge < -0.3 is 0 Å². The highest BCUT2D eigenvalue weighted by Crippen LogP contribution is 2.37. The third-order valence-electron chi connectivity index (χ3n) is 7.33. The first-order valence-corrected chi connectivity index (χ1v) is 12.8. The summed E-state index contributed by atoms with van der Waals surface area (Å²) < 4.78 is 3.98. The van der Waals surface area contributed by atoms with E-state index >= 15 is 0 Å². The monoisotopic (exact) mass is 471 g/mol. The van der Waals surface area contributed by atoms with Crippen molar-refractivity contribution < 1.29 is 0 Å². The van der Waals surface area contributed by atoms with E-state index in [4.69, 9.17) is 0 Å². The first-order chi connectivity index (χ1) is 17.2. The smallest absolute Gasteiger partial charge is 0.296 e. The largest absolute Gasteiger partial charge is 0.328 e. The lowest BCUT2D eigenvalue weighted by Crippen LogP contribution is -2.29. The Morgan fingerprint density at radius 1 is 1.09 bits per heavy atom. The SMILES string of the molecule is CCCCc1cn(C2CCCC2CC)c(=O)n1Cc1cc(-c2cccc(-c3nnn[nH]3)c2)ccn1. The average Bonchev–Trinajstić information content (AvgIpc) is 3.65. The number of hydrogen-bond acceptors (Lipinski definition) is 5. The molecule has 0 saturated heterocycles. The van der Waals surface area contributed by atoms with Crippen LogP contribution in [0.4, 0.5) is 0 Å². The van der Waals surface area contributed by atoms with Crippen molar-refractivity contribution in [1.29, 1.82) is 0 Å². The third-order valence-corrected chi connectivity index (χ3v) is 7.33. The molecule has 1 aliphatic carbocycles. The van der Waals surface area contributed by atoms with Crippen LogP contribution in [0.1, 0.15) is 69.8 Å². The zero-order valence-electron chi connectivity index (χ0n) is 20.5. The minimum absolute atomic E-state index is 0.105. The van der Waals surface area contributed by atoms with Crippen LogP contribution in [0.25, 0.3) is 22.5 Å². The summed E-state index contributed by atoms with van der Waals surface area (Å²) >= 11 is 0. The highest BCUT2D eigenvalue weighted by Gasteiger charge is 2.29. The topological polar surface area (TPSA) is 94.3 Å². The van der Waals surface area contributed by atoms with Crippen LogP contribution in [0.2, 0.25) is 0 Å². The molecule has 35 heavy (non-hydrogen) atoms. The molecule has 0 aliphatic heterocycles. The zero-order valence-corrected chi connectivity index (χ0v) is 20.5. The predicted octanol–water partition coefficient (Wildman–Crippen LogP) is 5.03. The van der Waals surface area contributed by atoms with Gasteiger partial charge in [-0.05, 0) is 71.4 Å². The summed E-state index contributed by atoms with van der Waals surface area (Å²) in [5.41, 5.74) is 5.12. The zero-order chi connectivity index (χ0) is 24.2. The fourth-order valence-corrected chi connectivity index (χ4v) is 5.41. The molecule has 1 saturated carbocycles. The number of aromatic nitrogens is 7. The minimum atomic E-state index is 0.105. The highest BCUT2D eigenvalue weighted by atomic mass is 16.1. The van der Waals surface area contributed by atoms with E-state index in [1.54, 1.807) is 0 Å². The summed E-state index contributed by atoms with van der Waals surface area (Å²) in [5, 5.41) is 14.2. The maximum absolute atomic E-state index is 13.6. The lowest BCUT2D eigenvalue weighted by atomic mass is 10.0. The second-order valence-electron chi connectivity index (χ2n) is 9.53. The molecule has 4 aromatic rings. The van der Waals surface area contributed by atoms with E-state index < -0.39 is 0 Å². The number of nitrogens with zero attached hydrogens (tertiary/aromatic N) is 6. The van der Waals surface area contributed by atoms with Crippen molar-refractivity contribution in [1.82, 2.24) is 34.7 Å². The fraction of sp³-hybridized carbons (Fsp3) is 0.444. The molecule has 0 bridgehead atoms. The third kappa shape index (κ3) is 4.83. The van der Waals surface area contributed by atoms with Crippen molar-refractivity contribution in [2.75, 3.05) is 0 Å². The average molecular weight is 472 g/mol. The van der Waals surface area contributed by atoms with Gasteiger partial charge in [0.05, 0.1) is 12.2 Å². The number of aromatic amines is 1. The maximum atomic E-state index is 13.6. The first kappa shape index (κ1) is 23.2. The highest BCUT2D eigenvalue weighted by molar-refractivity contribution is 5.70. The first-order valence-electron chi connectivity index (χ1n) is 12.8. The van der Waals surface area contributed by atoms with Crippen molar-refractivity contribution >= 4 is 0 Å². The molecule has 5 rings (SSSR count). The lowest BCUT2D eigenvalue weighted by Gasteiger charge is -2.18. The van der Waals surface area contributed by atoms with Gasteiger partial charge in [-0.15, -0.1) is 5.10 Å². The number of pyridine rings is 1. The van der Waals surface area contributed by atoms with E-state index in [0.717, 1.165) is 60.2 Å². The van der Waals surface area contributed by atoms with E-state index in [0.29, 0.717) is 24.3 Å². The van der Waals surface area contributed by atoms with Gasteiger partial charge in [-0.2, -0.15) is 0 Å². The molecule has 1 N–H and O–H groups in total. The van der Waals surface area contributed by atoms with Gasteiger partial charge in [0.1, 0.15) is 0 Å². The molecule has 3 aromatic heterocycles. The molecule has 1 aliphatic rings. The Hall–Kier alpha value is -3.55. The molecular formula is C27H33N7O. The summed E-state index contributed by atoms with van der Waals surface area (Å²) in [6.07, 6.45) is 11.7. The predicted molar refractivity (Wildman–Crippen MR) is 136 cm³/mol. The van der Waals surface area contributed by atoms with E-state index in [9.17, 15) is 4.79 Å². The van der Waals surface area contributed by atoms with Crippen LogP contribution in [0.3, 0.4) is 0 Å². The molecule has 2 unspecified atom stereocenters. The molecular weight excluding hydrogens is 438 g/mol. The van der Waals surface area contributed by atoms with Gasteiger partial charge in [-0.3, -0.25) is 14.1 Å². The Morgan fingerprint density at radius 2 is 1.94 bits per heavy atom. The second-order valence-corrected chi connectivity index (χ2v) is 9.53. The molecule has 0 amide bonds. The molecule has 3 heterocycles. The van der Waals surface area contributed by atoms with Gasteiger partial charge >= 0.3 is 5.69 Å². The molecule has 8 nitrogen and oxygen atoms in total. The van der Waals surface area contributed by atoms with E-state index in [2.05, 4.69) is 63.9 Å². The molecule has 1 fully saturated rings. The molecule has 2 atom stereocenters. The van der Waals surface area contributed by atoms with Gasteiger partial charge in [0.2, 0.25) is 0 Å². The number of unbranched alkanes of at least 4 members (excludes halogenated alkanes) is 1. The summed E-state index contributed by atoms with van der Waals surface area (Å²) in [4.78, 5) is 18.2. The maximum Gasteiger partial charge on any atom is 0.328 e. The van der Waals surface area contributed by atoms with Gasteiger partial charge in [-0.1, -0.05) is 51.3 Å². The van der Waals surface area contributed by atoms with E-state index in [-0.39, 0.29) is 5.69 Å². The summed E-state index contributed by atoms with van der Waals surface area (Å²) in [6.45, 7) is 4.91. The quantitative estimate of drug-likeness (QED) is 0.369. The summed E-state index contributed by atoms with van der Waals surface area (Å²) in [6, 6.07) is 12.5. The number of imidazole rings is 1. The summed E-state index contributed by atoms with van der Waals surface area (Å²) in [5.74, 6) is 1.22. The number of hydrogen-bond donors (Lipinski definition) is 1. The number of H-pyrrole nitrogens is 1. The lowest BCUT2D eigenvalue weighted by molar-refractivity contribution is 0.359. The van der Waals surface area contributed by atoms with Crippen LogP contribution in [0.5, 0.6) is 0 Å². The number of nitrogens with one attached hydrogen (secondary N) is 1. The second kappa shape index (κ2) is 10.4. The van der Waals surface area contributed by atoms with Crippen LogP contribution in [-0.2, 0) is 13.0 Å². The van der Waals surface area contributed by atoms with Crippen molar-refractivity contribution in [2.24, 2.45) is 5.92 Å². The van der Waals surface area contributed by atoms with Crippen LogP contribution in [0, 0.1) is 5.92 Å². The standard InChI is InChI=1S/C27H33N7O/c1-3-5-11-24-18-34(25-12-7-8-19(25)4-2)27(35)33(24)17-23-16-21(13-14-28-23)20-9-6-10-22(15-20)26-29-31-32-30-26/h6,9-10,13-16,18-19,25H,3-5,7-8,11-12,17H2,1-2H3,(H,29,30,31,32). The minimum Gasteiger partial charge on any atom is -0.296 e. The Balaban J connectivity index is 1.46. The van der Waals surface area contributed by atoms with E-state index in [1.165, 1.54) is 12.8 Å². The number of aryl methyl sites for hydroxylation is 1. The van der Waals surface area contributed by atoms with Gasteiger partial charge in [0.15, 0.2) is 5.82 Å². The fourth-order valence-electron chi connectivity index (χ4n) is 5.41. The Kier molecular flexibility index (Phi) is 6.88. The number of tetrazole rings is 1. The number of rotatable bonds is 9.